The third-order valence-electron chi connectivity index (χ3n) is 5.73. The fourth-order valence-corrected chi connectivity index (χ4v) is 3.71. The molecule has 190 valence electrons. The number of methoxy groups -OCH3 is 2. The van der Waals surface area contributed by atoms with Gasteiger partial charge in [-0.1, -0.05) is 12.1 Å². The number of ether oxygens (including phenoxy) is 2. The van der Waals surface area contributed by atoms with Crippen molar-refractivity contribution < 1.29 is 19.1 Å². The van der Waals surface area contributed by atoms with Crippen molar-refractivity contribution in [3.05, 3.63) is 64.8 Å². The molecule has 5 N–H and O–H groups in total. The lowest BCUT2D eigenvalue weighted by Crippen LogP contribution is -2.32. The number of rotatable bonds is 10. The van der Waals surface area contributed by atoms with Gasteiger partial charge in [0.15, 0.2) is 0 Å². The summed E-state index contributed by atoms with van der Waals surface area (Å²) in [5.74, 6) is 1.00. The molecular formula is C25H31N7O4. The van der Waals surface area contributed by atoms with Gasteiger partial charge in [-0.25, -0.2) is 0 Å². The number of aromatic nitrogens is 2. The highest BCUT2D eigenvalue weighted by atomic mass is 16.5. The van der Waals surface area contributed by atoms with Crippen LogP contribution < -0.4 is 30.7 Å². The highest BCUT2D eigenvalue weighted by Crippen LogP contribution is 2.29. The van der Waals surface area contributed by atoms with Crippen molar-refractivity contribution in [2.45, 2.75) is 13.5 Å². The van der Waals surface area contributed by atoms with E-state index in [-0.39, 0.29) is 30.7 Å². The van der Waals surface area contributed by atoms with E-state index >= 15 is 0 Å². The molecule has 0 atom stereocenters. The highest BCUT2D eigenvalue weighted by Gasteiger charge is 2.17. The van der Waals surface area contributed by atoms with Crippen LogP contribution in [0.2, 0.25) is 0 Å². The maximum Gasteiger partial charge on any atom is 0.251 e. The zero-order valence-electron chi connectivity index (χ0n) is 21.0. The van der Waals surface area contributed by atoms with Crippen molar-refractivity contribution in [2.24, 2.45) is 12.8 Å². The molecule has 1 heterocycles. The number of hydrogen-bond donors (Lipinski definition) is 4. The average molecular weight is 494 g/mol. The second-order valence-electron chi connectivity index (χ2n) is 8.19. The lowest BCUT2D eigenvalue weighted by Gasteiger charge is -2.23. The van der Waals surface area contributed by atoms with Crippen molar-refractivity contribution in [2.75, 3.05) is 38.0 Å². The van der Waals surface area contributed by atoms with E-state index in [1.165, 1.54) is 14.2 Å². The first-order valence-electron chi connectivity index (χ1n) is 11.1. The number of amides is 2. The molecule has 0 bridgehead atoms. The zero-order chi connectivity index (χ0) is 26.4. The summed E-state index contributed by atoms with van der Waals surface area (Å²) in [7, 11) is 6.55. The number of benzene rings is 2. The molecular weight excluding hydrogens is 462 g/mol. The molecule has 0 aliphatic carbocycles. The van der Waals surface area contributed by atoms with Crippen LogP contribution in [0.1, 0.15) is 27.0 Å². The highest BCUT2D eigenvalue weighted by molar-refractivity contribution is 5.97. The zero-order valence-corrected chi connectivity index (χ0v) is 21.0. The van der Waals surface area contributed by atoms with Gasteiger partial charge in [-0.3, -0.25) is 19.7 Å². The Kier molecular flexibility index (Phi) is 8.15. The third kappa shape index (κ3) is 5.93. The Morgan fingerprint density at radius 1 is 1.11 bits per heavy atom. The van der Waals surface area contributed by atoms with Gasteiger partial charge in [-0.05, 0) is 30.7 Å². The van der Waals surface area contributed by atoms with Gasteiger partial charge in [0.05, 0.1) is 27.0 Å². The van der Waals surface area contributed by atoms with Crippen LogP contribution in [0.3, 0.4) is 0 Å². The van der Waals surface area contributed by atoms with Gasteiger partial charge >= 0.3 is 0 Å². The second kappa shape index (κ2) is 11.3. The van der Waals surface area contributed by atoms with E-state index in [2.05, 4.69) is 15.7 Å². The number of nitrogens with two attached hydrogens (primary N) is 1. The van der Waals surface area contributed by atoms with Gasteiger partial charge in [-0.2, -0.15) is 5.10 Å². The molecule has 2 amide bonds. The lowest BCUT2D eigenvalue weighted by molar-refractivity contribution is -0.115. The fraction of sp³-hybridized carbons (Fsp3) is 0.280. The third-order valence-corrected chi connectivity index (χ3v) is 5.73. The van der Waals surface area contributed by atoms with Crippen LogP contribution in [-0.4, -0.2) is 55.2 Å². The van der Waals surface area contributed by atoms with Crippen LogP contribution in [-0.2, 0) is 18.4 Å². The maximum atomic E-state index is 12.9. The molecule has 0 saturated heterocycles. The minimum atomic E-state index is -0.315. The first-order chi connectivity index (χ1) is 17.1. The van der Waals surface area contributed by atoms with E-state index in [0.717, 1.165) is 11.1 Å². The van der Waals surface area contributed by atoms with Crippen LogP contribution in [0.4, 0.5) is 11.5 Å². The number of nitrogens with zero attached hydrogens (tertiary/aromatic N) is 3. The lowest BCUT2D eigenvalue weighted by atomic mass is 10.1. The number of carbonyl (C=O) groups excluding carboxylic acids is 2. The summed E-state index contributed by atoms with van der Waals surface area (Å²) in [5, 5.41) is 17.5. The van der Waals surface area contributed by atoms with Gasteiger partial charge < -0.3 is 30.7 Å². The Bertz CT molecular complexity index is 1260. The molecule has 0 saturated carbocycles. The number of nitrogen functional groups attached to an aromatic ring is 1. The SMILES string of the molecule is COc1cc(C(=O)NCc2ccc(C(=N)N)cc2N(C)CC(=O)Nc2ccnn2C)cc(OC)c1C. The summed E-state index contributed by atoms with van der Waals surface area (Å²) >= 11 is 0. The first kappa shape index (κ1) is 26.1. The molecule has 0 fully saturated rings. The Morgan fingerprint density at radius 3 is 2.33 bits per heavy atom. The molecule has 11 heteroatoms. The minimum Gasteiger partial charge on any atom is -0.496 e. The Balaban J connectivity index is 1.80. The summed E-state index contributed by atoms with van der Waals surface area (Å²) in [5.41, 5.74) is 8.78. The summed E-state index contributed by atoms with van der Waals surface area (Å²) in [6.45, 7) is 2.06. The van der Waals surface area contributed by atoms with Crippen LogP contribution in [0.5, 0.6) is 11.5 Å². The van der Waals surface area contributed by atoms with Gasteiger partial charge in [0.25, 0.3) is 5.91 Å². The van der Waals surface area contributed by atoms with Crippen LogP contribution >= 0.6 is 0 Å². The summed E-state index contributed by atoms with van der Waals surface area (Å²) in [6.07, 6.45) is 1.59. The van der Waals surface area contributed by atoms with E-state index < -0.39 is 0 Å². The van der Waals surface area contributed by atoms with Crippen LogP contribution in [0.25, 0.3) is 0 Å². The van der Waals surface area contributed by atoms with Gasteiger partial charge in [0.1, 0.15) is 23.2 Å². The number of amidine groups is 1. The predicted molar refractivity (Wildman–Crippen MR) is 138 cm³/mol. The first-order valence-corrected chi connectivity index (χ1v) is 11.1. The minimum absolute atomic E-state index is 0.0276. The molecule has 0 unspecified atom stereocenters. The number of nitrogens with one attached hydrogen (secondary N) is 3. The molecule has 2 aromatic carbocycles. The molecule has 36 heavy (non-hydrogen) atoms. The molecule has 0 spiro atoms. The topological polar surface area (TPSA) is 148 Å². The average Bonchev–Trinajstić information content (AvgIpc) is 3.26. The van der Waals surface area contributed by atoms with E-state index in [1.54, 1.807) is 66.3 Å². The number of aryl methyl sites for hydroxylation is 1. The molecule has 3 rings (SSSR count). The monoisotopic (exact) mass is 493 g/mol. The van der Waals surface area contributed by atoms with E-state index in [0.29, 0.717) is 34.1 Å². The van der Waals surface area contributed by atoms with Crippen LogP contribution in [0.15, 0.2) is 42.6 Å². The second-order valence-corrected chi connectivity index (χ2v) is 8.19. The standard InChI is InChI=1S/C25H31N7O4/c1-15-20(35-4)11-18(12-21(15)36-5)25(34)28-13-17-7-6-16(24(26)27)10-19(17)31(2)14-23(33)30-22-8-9-29-32(22)3/h6-12H,13-14H2,1-5H3,(H3,26,27)(H,28,34)(H,30,33). The van der Waals surface area contributed by atoms with E-state index in [9.17, 15) is 9.59 Å². The molecule has 0 aliphatic heterocycles. The van der Waals surface area contributed by atoms with Crippen molar-refractivity contribution >= 4 is 29.2 Å². The molecule has 11 nitrogen and oxygen atoms in total. The van der Waals surface area contributed by atoms with Crippen molar-refractivity contribution in [3.63, 3.8) is 0 Å². The Labute approximate surface area is 209 Å². The number of hydrogen-bond acceptors (Lipinski definition) is 7. The molecule has 3 aromatic rings. The van der Waals surface area contributed by atoms with Crippen molar-refractivity contribution in [3.8, 4) is 11.5 Å². The normalized spacial score (nSPS) is 10.5. The Hall–Kier alpha value is -4.54. The van der Waals surface area contributed by atoms with E-state index in [4.69, 9.17) is 20.6 Å². The van der Waals surface area contributed by atoms with Crippen molar-refractivity contribution in [1.82, 2.24) is 15.1 Å². The number of anilines is 2. The number of likely N-dealkylation sites (N-methyl/N-ethyl adjacent to an activating group) is 1. The summed E-state index contributed by atoms with van der Waals surface area (Å²) < 4.78 is 12.3. The predicted octanol–water partition coefficient (Wildman–Crippen LogP) is 2.03. The van der Waals surface area contributed by atoms with Crippen LogP contribution in [0, 0.1) is 12.3 Å². The van der Waals surface area contributed by atoms with Crippen molar-refractivity contribution in [1.29, 1.82) is 5.41 Å². The van der Waals surface area contributed by atoms with Gasteiger partial charge in [-0.15, -0.1) is 0 Å². The van der Waals surface area contributed by atoms with Gasteiger partial charge in [0.2, 0.25) is 5.91 Å². The maximum absolute atomic E-state index is 12.9. The fourth-order valence-electron chi connectivity index (χ4n) is 3.71. The summed E-state index contributed by atoms with van der Waals surface area (Å²) in [4.78, 5) is 27.3. The number of carbonyl (C=O) groups is 2. The quantitative estimate of drug-likeness (QED) is 0.249. The smallest absolute Gasteiger partial charge is 0.251 e. The molecule has 1 aromatic heterocycles. The van der Waals surface area contributed by atoms with E-state index in [1.807, 2.05) is 6.92 Å². The molecule has 0 aliphatic rings. The Morgan fingerprint density at radius 2 is 1.78 bits per heavy atom. The largest absolute Gasteiger partial charge is 0.496 e. The van der Waals surface area contributed by atoms with Gasteiger partial charge in [0, 0.05) is 49.1 Å². The summed E-state index contributed by atoms with van der Waals surface area (Å²) in [6, 6.07) is 10.2. The molecule has 0 radical (unpaired) electrons.